The summed E-state index contributed by atoms with van der Waals surface area (Å²) in [6.45, 7) is 4.42. The average Bonchev–Trinajstić information content (AvgIpc) is 3.94. The summed E-state index contributed by atoms with van der Waals surface area (Å²) in [5.74, 6) is -0.602. The average molecular weight is 865 g/mol. The van der Waals surface area contributed by atoms with Gasteiger partial charge in [0.25, 0.3) is 0 Å². The van der Waals surface area contributed by atoms with E-state index >= 15 is 0 Å². The number of para-hydroxylation sites is 4. The second-order valence-corrected chi connectivity index (χ2v) is 17.5. The fraction of sp³-hybridized carbons (Fsp3) is 0.133. The summed E-state index contributed by atoms with van der Waals surface area (Å²) in [6.07, 6.45) is 6.22. The number of halogens is 2. The van der Waals surface area contributed by atoms with Gasteiger partial charge in [-0.3, -0.25) is 0 Å². The van der Waals surface area contributed by atoms with E-state index in [9.17, 15) is 8.78 Å². The first-order valence-electron chi connectivity index (χ1n) is 23.2. The molecular weight excluding hydrogens is 819 g/mol. The number of unbranched alkanes of at least 4 members (excludes halogenated alkanes) is 2. The van der Waals surface area contributed by atoms with Crippen molar-refractivity contribution in [3.05, 3.63) is 193 Å². The molecule has 12 aromatic rings. The molecule has 12 rings (SSSR count). The summed E-state index contributed by atoms with van der Waals surface area (Å²) in [6, 6.07) is 56.5. The Kier molecular flexibility index (Phi) is 9.71. The van der Waals surface area contributed by atoms with Crippen molar-refractivity contribution in [1.82, 2.24) is 0 Å². The smallest absolute Gasteiger partial charge is 0.159 e. The van der Waals surface area contributed by atoms with E-state index in [-0.39, 0.29) is 11.6 Å². The van der Waals surface area contributed by atoms with E-state index in [4.69, 9.17) is 8.83 Å². The van der Waals surface area contributed by atoms with Crippen LogP contribution in [-0.4, -0.2) is 0 Å². The molecule has 0 N–H and O–H groups in total. The topological polar surface area (TPSA) is 32.8 Å². The second kappa shape index (κ2) is 16.1. The molecule has 0 radical (unpaired) electrons. The van der Waals surface area contributed by atoms with Crippen LogP contribution in [-0.2, 0) is 12.8 Å². The van der Waals surface area contributed by atoms with Crippen LogP contribution in [0, 0.1) is 11.6 Å². The van der Waals surface area contributed by atoms with E-state index in [1.807, 2.05) is 24.3 Å². The van der Waals surface area contributed by atoms with E-state index in [1.165, 1.54) is 35.4 Å². The molecular formula is C60H46F2N2O2. The molecule has 0 aliphatic rings. The quantitative estimate of drug-likeness (QED) is 0.115. The van der Waals surface area contributed by atoms with Crippen LogP contribution in [0.25, 0.3) is 76.2 Å². The van der Waals surface area contributed by atoms with Crippen LogP contribution in [0.4, 0.5) is 42.9 Å². The third-order valence-corrected chi connectivity index (χ3v) is 13.5. The van der Waals surface area contributed by atoms with Crippen LogP contribution in [0.5, 0.6) is 0 Å². The Balaban J connectivity index is 1.10. The Morgan fingerprint density at radius 3 is 1.15 bits per heavy atom. The summed E-state index contributed by atoms with van der Waals surface area (Å²) in [4.78, 5) is 4.43. The number of rotatable bonds is 12. The van der Waals surface area contributed by atoms with Crippen molar-refractivity contribution < 1.29 is 17.6 Å². The molecule has 0 spiro atoms. The highest BCUT2D eigenvalue weighted by atomic mass is 19.1. The van der Waals surface area contributed by atoms with Gasteiger partial charge in [-0.05, 0) is 131 Å². The van der Waals surface area contributed by atoms with Gasteiger partial charge >= 0.3 is 0 Å². The van der Waals surface area contributed by atoms with Crippen molar-refractivity contribution in [2.24, 2.45) is 0 Å². The molecule has 0 bridgehead atoms. The van der Waals surface area contributed by atoms with Crippen molar-refractivity contribution in [3.63, 3.8) is 0 Å². The van der Waals surface area contributed by atoms with Crippen LogP contribution < -0.4 is 9.80 Å². The highest BCUT2D eigenvalue weighted by Crippen LogP contribution is 2.50. The summed E-state index contributed by atoms with van der Waals surface area (Å²) in [5.41, 5.74) is 11.0. The van der Waals surface area contributed by atoms with Gasteiger partial charge in [0, 0.05) is 43.7 Å². The number of aryl methyl sites for hydroxylation is 2. The lowest BCUT2D eigenvalue weighted by Crippen LogP contribution is -2.12. The van der Waals surface area contributed by atoms with Crippen LogP contribution >= 0.6 is 0 Å². The molecule has 0 atom stereocenters. The molecule has 6 heteroatoms. The number of fused-ring (bicyclic) bond motifs is 6. The Morgan fingerprint density at radius 2 is 0.742 bits per heavy atom. The first-order chi connectivity index (χ1) is 32.5. The lowest BCUT2D eigenvalue weighted by Gasteiger charge is -2.29. The molecule has 0 amide bonds. The minimum Gasteiger partial charge on any atom is -0.454 e. The van der Waals surface area contributed by atoms with Gasteiger partial charge in [-0.1, -0.05) is 124 Å². The van der Waals surface area contributed by atoms with Gasteiger partial charge in [0.2, 0.25) is 0 Å². The fourth-order valence-corrected chi connectivity index (χ4v) is 10.4. The van der Waals surface area contributed by atoms with E-state index in [2.05, 4.69) is 145 Å². The first-order valence-corrected chi connectivity index (χ1v) is 23.2. The number of hydrogen-bond acceptors (Lipinski definition) is 4. The standard InChI is InChI=1S/C60H46F2N2O2/c1-3-5-11-39-13-7-15-45-47-17-9-19-53(59(47)65-57(39)45)63(43-29-25-41(61)26-30-43)51-35-23-37-22-34-50-52(36-24-38-21-33-49(51)55(37)56(38)50)64(44-31-27-42(62)28-32-44)54-20-10-18-48-46-16-8-14-40(12-6-4-2)58(46)66-60(48)54/h7-10,13-36H,3-6,11-12H2,1-2H3. The number of furan rings is 2. The second-order valence-electron chi connectivity index (χ2n) is 17.5. The Bertz CT molecular complexity index is 3530. The number of benzene rings is 10. The first kappa shape index (κ1) is 39.9. The van der Waals surface area contributed by atoms with Crippen LogP contribution in [0.3, 0.4) is 0 Å². The highest BCUT2D eigenvalue weighted by Gasteiger charge is 2.26. The molecule has 0 fully saturated rings. The Hall–Kier alpha value is -7.70. The van der Waals surface area contributed by atoms with Crippen molar-refractivity contribution in [3.8, 4) is 0 Å². The van der Waals surface area contributed by atoms with Crippen LogP contribution in [0.2, 0.25) is 0 Å². The maximum Gasteiger partial charge on any atom is 0.159 e. The number of nitrogens with zero attached hydrogens (tertiary/aromatic N) is 2. The van der Waals surface area contributed by atoms with Gasteiger partial charge in [-0.15, -0.1) is 0 Å². The predicted octanol–water partition coefficient (Wildman–Crippen LogP) is 18.3. The van der Waals surface area contributed by atoms with E-state index in [1.54, 1.807) is 0 Å². The predicted molar refractivity (Wildman–Crippen MR) is 271 cm³/mol. The lowest BCUT2D eigenvalue weighted by atomic mass is 9.91. The van der Waals surface area contributed by atoms with Gasteiger partial charge in [-0.25, -0.2) is 8.78 Å². The zero-order valence-corrected chi connectivity index (χ0v) is 36.9. The minimum atomic E-state index is -0.301. The van der Waals surface area contributed by atoms with Crippen molar-refractivity contribution in [2.45, 2.75) is 52.4 Å². The summed E-state index contributed by atoms with van der Waals surface area (Å²) < 4.78 is 43.3. The number of hydrogen-bond donors (Lipinski definition) is 0. The lowest BCUT2D eigenvalue weighted by molar-refractivity contribution is 0.627. The Labute approximate surface area is 381 Å². The zero-order chi connectivity index (χ0) is 44.5. The largest absolute Gasteiger partial charge is 0.454 e. The highest BCUT2D eigenvalue weighted by molar-refractivity contribution is 6.28. The van der Waals surface area contributed by atoms with Crippen LogP contribution in [0.15, 0.2) is 179 Å². The molecule has 2 aromatic heterocycles. The van der Waals surface area contributed by atoms with Gasteiger partial charge in [0.05, 0.1) is 22.7 Å². The fourth-order valence-electron chi connectivity index (χ4n) is 10.4. The normalized spacial score (nSPS) is 12.0. The van der Waals surface area contributed by atoms with E-state index in [0.29, 0.717) is 0 Å². The van der Waals surface area contributed by atoms with E-state index in [0.717, 1.165) is 149 Å². The van der Waals surface area contributed by atoms with Gasteiger partial charge in [0.15, 0.2) is 11.2 Å². The molecule has 4 nitrogen and oxygen atoms in total. The van der Waals surface area contributed by atoms with E-state index < -0.39 is 0 Å². The van der Waals surface area contributed by atoms with Gasteiger partial charge in [0.1, 0.15) is 22.8 Å². The monoisotopic (exact) mass is 864 g/mol. The molecule has 66 heavy (non-hydrogen) atoms. The zero-order valence-electron chi connectivity index (χ0n) is 36.9. The van der Waals surface area contributed by atoms with Gasteiger partial charge < -0.3 is 18.6 Å². The minimum absolute atomic E-state index is 0.301. The maximum atomic E-state index is 14.7. The SMILES string of the molecule is CCCCc1cccc2c1oc1c(N(c3ccc(F)cc3)c3ccc4ccc5c(N(c6ccc(F)cc6)c6cccc7c6oc6c(CCCC)cccc67)ccc6ccc3c4c65)cccc12. The molecule has 0 unspecified atom stereocenters. The van der Waals surface area contributed by atoms with Gasteiger partial charge in [-0.2, -0.15) is 0 Å². The molecule has 2 heterocycles. The molecule has 0 aliphatic heterocycles. The van der Waals surface area contributed by atoms with Crippen molar-refractivity contribution in [1.29, 1.82) is 0 Å². The number of anilines is 6. The summed E-state index contributed by atoms with van der Waals surface area (Å²) in [5, 5.41) is 10.7. The van der Waals surface area contributed by atoms with Crippen molar-refractivity contribution in [2.75, 3.05) is 9.80 Å². The molecule has 322 valence electrons. The molecule has 0 saturated heterocycles. The van der Waals surface area contributed by atoms with Crippen molar-refractivity contribution >= 4 is 110 Å². The third kappa shape index (κ3) is 6.38. The molecule has 10 aromatic carbocycles. The molecule has 0 saturated carbocycles. The van der Waals surface area contributed by atoms with Crippen LogP contribution in [0.1, 0.15) is 50.7 Å². The maximum absolute atomic E-state index is 14.7. The Morgan fingerprint density at radius 1 is 0.364 bits per heavy atom. The summed E-state index contributed by atoms with van der Waals surface area (Å²) >= 11 is 0. The summed E-state index contributed by atoms with van der Waals surface area (Å²) in [7, 11) is 0. The third-order valence-electron chi connectivity index (χ3n) is 13.5. The molecule has 0 aliphatic carbocycles.